The number of benzene rings is 1. The van der Waals surface area contributed by atoms with E-state index in [2.05, 4.69) is 15.0 Å². The SMILES string of the molecule is COc1ccccc1N1CCN(C(=O)[C@@H](C)n2cncn2)CC1. The Labute approximate surface area is 135 Å². The van der Waals surface area contributed by atoms with Crippen LogP contribution in [0, 0.1) is 0 Å². The molecule has 1 aromatic heterocycles. The summed E-state index contributed by atoms with van der Waals surface area (Å²) >= 11 is 0. The number of hydrogen-bond acceptors (Lipinski definition) is 5. The number of rotatable bonds is 4. The predicted molar refractivity (Wildman–Crippen MR) is 86.5 cm³/mol. The molecule has 0 aliphatic carbocycles. The molecule has 0 unspecified atom stereocenters. The molecular weight excluding hydrogens is 294 g/mol. The number of para-hydroxylation sites is 2. The molecule has 23 heavy (non-hydrogen) atoms. The molecular formula is C16H21N5O2. The van der Waals surface area contributed by atoms with Gasteiger partial charge in [0, 0.05) is 26.2 Å². The molecule has 122 valence electrons. The third kappa shape index (κ3) is 3.13. The summed E-state index contributed by atoms with van der Waals surface area (Å²) in [6.45, 7) is 4.81. The van der Waals surface area contributed by atoms with Crippen LogP contribution in [0.1, 0.15) is 13.0 Å². The largest absolute Gasteiger partial charge is 0.495 e. The normalized spacial score (nSPS) is 16.3. The number of ether oxygens (including phenoxy) is 1. The van der Waals surface area contributed by atoms with E-state index in [4.69, 9.17) is 4.74 Å². The van der Waals surface area contributed by atoms with E-state index in [1.807, 2.05) is 36.1 Å². The molecule has 1 aliphatic heterocycles. The lowest BCUT2D eigenvalue weighted by Crippen LogP contribution is -2.50. The van der Waals surface area contributed by atoms with Crippen molar-refractivity contribution in [1.29, 1.82) is 0 Å². The Morgan fingerprint density at radius 3 is 2.61 bits per heavy atom. The fourth-order valence-electron chi connectivity index (χ4n) is 2.85. The molecule has 1 amide bonds. The van der Waals surface area contributed by atoms with Crippen LogP contribution in [0.2, 0.25) is 0 Å². The Morgan fingerprint density at radius 2 is 1.96 bits per heavy atom. The number of amides is 1. The lowest BCUT2D eigenvalue weighted by Gasteiger charge is -2.37. The highest BCUT2D eigenvalue weighted by Crippen LogP contribution is 2.28. The second-order valence-corrected chi connectivity index (χ2v) is 5.54. The van der Waals surface area contributed by atoms with Crippen LogP contribution >= 0.6 is 0 Å². The van der Waals surface area contributed by atoms with Crippen molar-refractivity contribution in [3.8, 4) is 5.75 Å². The van der Waals surface area contributed by atoms with Crippen molar-refractivity contribution in [2.75, 3.05) is 38.2 Å². The minimum absolute atomic E-state index is 0.0789. The lowest BCUT2D eigenvalue weighted by molar-refractivity contribution is -0.134. The second kappa shape index (κ2) is 6.68. The van der Waals surface area contributed by atoms with Gasteiger partial charge in [-0.15, -0.1) is 0 Å². The fraction of sp³-hybridized carbons (Fsp3) is 0.438. The fourth-order valence-corrected chi connectivity index (χ4v) is 2.85. The molecule has 1 aromatic carbocycles. The van der Waals surface area contributed by atoms with Gasteiger partial charge in [0.25, 0.3) is 0 Å². The number of nitrogens with zero attached hydrogens (tertiary/aromatic N) is 5. The highest BCUT2D eigenvalue weighted by molar-refractivity contribution is 5.80. The molecule has 0 N–H and O–H groups in total. The molecule has 1 saturated heterocycles. The molecule has 3 rings (SSSR count). The molecule has 0 saturated carbocycles. The van der Waals surface area contributed by atoms with Crippen LogP contribution in [0.25, 0.3) is 0 Å². The number of aromatic nitrogens is 3. The molecule has 7 nitrogen and oxygen atoms in total. The number of carbonyl (C=O) groups excluding carboxylic acids is 1. The van der Waals surface area contributed by atoms with Crippen LogP contribution in [0.15, 0.2) is 36.9 Å². The summed E-state index contributed by atoms with van der Waals surface area (Å²) in [6.07, 6.45) is 3.02. The van der Waals surface area contributed by atoms with Gasteiger partial charge in [-0.2, -0.15) is 5.10 Å². The van der Waals surface area contributed by atoms with Crippen LogP contribution in [0.3, 0.4) is 0 Å². The van der Waals surface area contributed by atoms with E-state index in [0.29, 0.717) is 13.1 Å². The van der Waals surface area contributed by atoms with E-state index in [-0.39, 0.29) is 11.9 Å². The lowest BCUT2D eigenvalue weighted by atomic mass is 10.2. The van der Waals surface area contributed by atoms with E-state index >= 15 is 0 Å². The molecule has 0 bridgehead atoms. The summed E-state index contributed by atoms with van der Waals surface area (Å²) < 4.78 is 7.01. The third-order valence-electron chi connectivity index (χ3n) is 4.21. The zero-order chi connectivity index (χ0) is 16.2. The van der Waals surface area contributed by atoms with Crippen molar-refractivity contribution in [2.24, 2.45) is 0 Å². The summed E-state index contributed by atoms with van der Waals surface area (Å²) in [7, 11) is 1.68. The Hall–Kier alpha value is -2.57. The predicted octanol–water partition coefficient (Wildman–Crippen LogP) is 1.20. The van der Waals surface area contributed by atoms with E-state index < -0.39 is 0 Å². The zero-order valence-corrected chi connectivity index (χ0v) is 13.4. The van der Waals surface area contributed by atoms with Crippen LogP contribution in [-0.2, 0) is 4.79 Å². The summed E-state index contributed by atoms with van der Waals surface area (Å²) in [4.78, 5) is 20.6. The van der Waals surface area contributed by atoms with Crippen LogP contribution in [0.5, 0.6) is 5.75 Å². The average molecular weight is 315 g/mol. The second-order valence-electron chi connectivity index (χ2n) is 5.54. The van der Waals surface area contributed by atoms with Crippen LogP contribution < -0.4 is 9.64 Å². The molecule has 2 aromatic rings. The summed E-state index contributed by atoms with van der Waals surface area (Å²) in [6, 6.07) is 7.65. The van der Waals surface area contributed by atoms with E-state index in [1.54, 1.807) is 18.1 Å². The van der Waals surface area contributed by atoms with Gasteiger partial charge in [0.1, 0.15) is 24.4 Å². The molecule has 7 heteroatoms. The first-order chi connectivity index (χ1) is 11.2. The molecule has 0 spiro atoms. The van der Waals surface area contributed by atoms with Crippen molar-refractivity contribution >= 4 is 11.6 Å². The summed E-state index contributed by atoms with van der Waals surface area (Å²) in [5.74, 6) is 0.943. The molecule has 1 aliphatic rings. The Kier molecular flexibility index (Phi) is 4.45. The third-order valence-corrected chi connectivity index (χ3v) is 4.21. The quantitative estimate of drug-likeness (QED) is 0.848. The van der Waals surface area contributed by atoms with Gasteiger partial charge < -0.3 is 14.5 Å². The number of anilines is 1. The van der Waals surface area contributed by atoms with Gasteiger partial charge in [-0.25, -0.2) is 9.67 Å². The number of methoxy groups -OCH3 is 1. The standard InChI is InChI=1S/C16H21N5O2/c1-13(21-12-17-11-18-21)16(22)20-9-7-19(8-10-20)14-5-3-4-6-15(14)23-2/h3-6,11-13H,7-10H2,1-2H3/t13-/m1/s1. The first-order valence-corrected chi connectivity index (χ1v) is 7.71. The average Bonchev–Trinajstić information content (AvgIpc) is 3.15. The van der Waals surface area contributed by atoms with Gasteiger partial charge in [-0.05, 0) is 19.1 Å². The Balaban J connectivity index is 1.63. The highest BCUT2D eigenvalue weighted by Gasteiger charge is 2.27. The number of carbonyl (C=O) groups is 1. The zero-order valence-electron chi connectivity index (χ0n) is 13.4. The molecule has 2 heterocycles. The summed E-state index contributed by atoms with van der Waals surface area (Å²) in [5.41, 5.74) is 1.08. The van der Waals surface area contributed by atoms with Crippen molar-refractivity contribution < 1.29 is 9.53 Å². The molecule has 1 atom stereocenters. The smallest absolute Gasteiger partial charge is 0.247 e. The van der Waals surface area contributed by atoms with E-state index in [0.717, 1.165) is 24.5 Å². The number of hydrogen-bond donors (Lipinski definition) is 0. The maximum Gasteiger partial charge on any atom is 0.247 e. The van der Waals surface area contributed by atoms with Gasteiger partial charge in [-0.1, -0.05) is 12.1 Å². The monoisotopic (exact) mass is 315 g/mol. The van der Waals surface area contributed by atoms with Gasteiger partial charge in [0.2, 0.25) is 5.91 Å². The number of piperazine rings is 1. The van der Waals surface area contributed by atoms with Crippen molar-refractivity contribution in [1.82, 2.24) is 19.7 Å². The van der Waals surface area contributed by atoms with Crippen molar-refractivity contribution in [2.45, 2.75) is 13.0 Å². The van der Waals surface area contributed by atoms with Gasteiger partial charge >= 0.3 is 0 Å². The maximum atomic E-state index is 12.6. The van der Waals surface area contributed by atoms with Crippen molar-refractivity contribution in [3.63, 3.8) is 0 Å². The van der Waals surface area contributed by atoms with Crippen molar-refractivity contribution in [3.05, 3.63) is 36.9 Å². The first-order valence-electron chi connectivity index (χ1n) is 7.71. The maximum absolute atomic E-state index is 12.6. The van der Waals surface area contributed by atoms with Crippen LogP contribution in [-0.4, -0.2) is 58.9 Å². The highest BCUT2D eigenvalue weighted by atomic mass is 16.5. The molecule has 0 radical (unpaired) electrons. The van der Waals surface area contributed by atoms with E-state index in [1.165, 1.54) is 6.33 Å². The van der Waals surface area contributed by atoms with Gasteiger partial charge in [-0.3, -0.25) is 4.79 Å². The molecule has 1 fully saturated rings. The first kappa shape index (κ1) is 15.3. The van der Waals surface area contributed by atoms with E-state index in [9.17, 15) is 4.79 Å². The van der Waals surface area contributed by atoms with Gasteiger partial charge in [0.15, 0.2) is 0 Å². The Bertz CT molecular complexity index is 650. The van der Waals surface area contributed by atoms with Gasteiger partial charge in [0.05, 0.1) is 12.8 Å². The minimum Gasteiger partial charge on any atom is -0.495 e. The Morgan fingerprint density at radius 1 is 1.22 bits per heavy atom. The summed E-state index contributed by atoms with van der Waals surface area (Å²) in [5, 5.41) is 4.05. The minimum atomic E-state index is -0.324. The topological polar surface area (TPSA) is 63.5 Å². The van der Waals surface area contributed by atoms with Crippen LogP contribution in [0.4, 0.5) is 5.69 Å².